The van der Waals surface area contributed by atoms with Gasteiger partial charge in [-0.3, -0.25) is 9.69 Å². The molecule has 1 fully saturated rings. The Morgan fingerprint density at radius 3 is 2.59 bits per heavy atom. The molecular formula is C24H23ClF3N3O5S. The monoisotopic (exact) mass is 557 g/mol. The molecule has 1 aliphatic rings. The Kier molecular flexibility index (Phi) is 7.26. The highest BCUT2D eigenvalue weighted by Gasteiger charge is 2.40. The molecule has 0 bridgehead atoms. The number of fused-ring (bicyclic) bond motifs is 1. The lowest BCUT2D eigenvalue weighted by molar-refractivity contribution is -0.141. The van der Waals surface area contributed by atoms with Crippen LogP contribution in [-0.2, 0) is 20.4 Å². The van der Waals surface area contributed by atoms with Crippen molar-refractivity contribution in [3.63, 3.8) is 0 Å². The summed E-state index contributed by atoms with van der Waals surface area (Å²) in [6.45, 7) is 7.20. The summed E-state index contributed by atoms with van der Waals surface area (Å²) in [5.74, 6) is 0.284. The molecule has 13 heteroatoms. The molecule has 8 nitrogen and oxygen atoms in total. The third-order valence-electron chi connectivity index (χ3n) is 5.44. The van der Waals surface area contributed by atoms with Gasteiger partial charge in [0.2, 0.25) is 0 Å². The summed E-state index contributed by atoms with van der Waals surface area (Å²) in [6.07, 6.45) is -6.66. The van der Waals surface area contributed by atoms with Crippen LogP contribution in [-0.4, -0.2) is 51.9 Å². The molecule has 1 saturated heterocycles. The minimum atomic E-state index is -4.60. The average molecular weight is 558 g/mol. The van der Waals surface area contributed by atoms with Gasteiger partial charge in [0.25, 0.3) is 6.47 Å². The van der Waals surface area contributed by atoms with Gasteiger partial charge < -0.3 is 14.2 Å². The average Bonchev–Trinajstić information content (AvgIpc) is 3.43. The molecule has 0 radical (unpaired) electrons. The number of halogens is 4. The highest BCUT2D eigenvalue weighted by atomic mass is 35.5. The minimum Gasteiger partial charge on any atom is -0.488 e. The first-order valence-electron chi connectivity index (χ1n) is 11.1. The van der Waals surface area contributed by atoms with Crippen LogP contribution in [0.4, 0.5) is 18.0 Å². The molecule has 0 aliphatic carbocycles. The predicted octanol–water partition coefficient (Wildman–Crippen LogP) is 6.23. The number of aryl methyl sites for hydroxylation is 1. The number of carbonyl (C=O) groups is 2. The van der Waals surface area contributed by atoms with Gasteiger partial charge in [-0.15, -0.1) is 11.3 Å². The molecule has 2 atom stereocenters. The Labute approximate surface area is 219 Å². The van der Waals surface area contributed by atoms with Crippen LogP contribution in [0, 0.1) is 6.92 Å². The zero-order chi connectivity index (χ0) is 27.1. The minimum absolute atomic E-state index is 0.0422. The molecule has 198 valence electrons. The smallest absolute Gasteiger partial charge is 0.434 e. The molecule has 0 spiro atoms. The molecule has 3 heterocycles. The van der Waals surface area contributed by atoms with E-state index in [2.05, 4.69) is 9.97 Å². The zero-order valence-electron chi connectivity index (χ0n) is 20.3. The van der Waals surface area contributed by atoms with E-state index in [-0.39, 0.29) is 35.9 Å². The van der Waals surface area contributed by atoms with Crippen LogP contribution in [0.25, 0.3) is 21.6 Å². The molecule has 1 unspecified atom stereocenters. The number of amides is 1. The molecule has 1 aromatic carbocycles. The van der Waals surface area contributed by atoms with E-state index in [0.29, 0.717) is 15.9 Å². The Hall–Kier alpha value is -3.12. The van der Waals surface area contributed by atoms with Gasteiger partial charge in [-0.2, -0.15) is 13.2 Å². The number of hydrogen-bond donors (Lipinski definition) is 0. The number of likely N-dealkylation sites (tertiary alicyclic amines) is 1. The van der Waals surface area contributed by atoms with Crippen LogP contribution in [0.5, 0.6) is 5.75 Å². The normalized spacial score (nSPS) is 18.2. The van der Waals surface area contributed by atoms with Crippen LogP contribution >= 0.6 is 22.9 Å². The highest BCUT2D eigenvalue weighted by molar-refractivity contribution is 7.13. The lowest BCUT2D eigenvalue weighted by Crippen LogP contribution is -2.41. The summed E-state index contributed by atoms with van der Waals surface area (Å²) in [7, 11) is 0. The van der Waals surface area contributed by atoms with Gasteiger partial charge in [0.1, 0.15) is 28.2 Å². The second kappa shape index (κ2) is 9.97. The molecule has 0 N–H and O–H groups in total. The highest BCUT2D eigenvalue weighted by Crippen LogP contribution is 2.39. The van der Waals surface area contributed by atoms with Gasteiger partial charge in [-0.05, 0) is 39.3 Å². The number of pyridine rings is 1. The van der Waals surface area contributed by atoms with E-state index < -0.39 is 35.9 Å². The van der Waals surface area contributed by atoms with Crippen molar-refractivity contribution in [3.8, 4) is 16.5 Å². The van der Waals surface area contributed by atoms with Gasteiger partial charge in [0.15, 0.2) is 11.9 Å². The maximum absolute atomic E-state index is 13.1. The molecule has 0 saturated carbocycles. The Balaban J connectivity index is 1.71. The number of benzene rings is 1. The summed E-state index contributed by atoms with van der Waals surface area (Å²) >= 11 is 7.29. The van der Waals surface area contributed by atoms with Crippen molar-refractivity contribution < 1.29 is 37.0 Å². The summed E-state index contributed by atoms with van der Waals surface area (Å²) in [5, 5.41) is 1.80. The first kappa shape index (κ1) is 26.9. The first-order chi connectivity index (χ1) is 17.3. The van der Waals surface area contributed by atoms with Crippen molar-refractivity contribution in [2.75, 3.05) is 6.54 Å². The lowest BCUT2D eigenvalue weighted by atomic mass is 10.1. The van der Waals surface area contributed by atoms with E-state index in [0.717, 1.165) is 22.3 Å². The van der Waals surface area contributed by atoms with E-state index in [1.165, 1.54) is 11.0 Å². The van der Waals surface area contributed by atoms with Crippen LogP contribution in [0.15, 0.2) is 23.6 Å². The van der Waals surface area contributed by atoms with Crippen molar-refractivity contribution >= 4 is 46.4 Å². The van der Waals surface area contributed by atoms with E-state index in [4.69, 9.17) is 25.8 Å². The lowest BCUT2D eigenvalue weighted by Gasteiger charge is -2.27. The third-order valence-corrected chi connectivity index (χ3v) is 6.78. The Bertz CT molecular complexity index is 1340. The SMILES string of the molecule is Cc1ccc2c(OC3C[C@@H](OC=O)N(C(=O)OC(C)(C)C)C3)cc(-c3nc(C(F)(F)F)cs3)nc2c1Cl. The number of nitrogens with zero attached hydrogens (tertiary/aromatic N) is 3. The van der Waals surface area contributed by atoms with Crippen LogP contribution in [0.1, 0.15) is 38.4 Å². The number of ether oxygens (including phenoxy) is 3. The second-order valence-corrected chi connectivity index (χ2v) is 10.7. The second-order valence-electron chi connectivity index (χ2n) is 9.43. The number of carbonyl (C=O) groups excluding carboxylic acids is 2. The molecule has 37 heavy (non-hydrogen) atoms. The van der Waals surface area contributed by atoms with Crippen LogP contribution in [0.3, 0.4) is 0 Å². The van der Waals surface area contributed by atoms with E-state index in [1.807, 2.05) is 0 Å². The van der Waals surface area contributed by atoms with Crippen LogP contribution < -0.4 is 4.74 Å². The molecule has 4 rings (SSSR count). The standard InChI is InChI=1S/C24H23ClF3N3O5S/c1-12-5-6-14-16(35-13-7-18(34-11-32)31(9-13)22(33)36-23(2,3)4)8-15(29-20(14)19(12)25)21-30-17(10-37-21)24(26,27)28/h5-6,8,10-11,13,18H,7,9H2,1-4H3/t13?,18-/m1/s1. The largest absolute Gasteiger partial charge is 0.488 e. The fourth-order valence-corrected chi connectivity index (χ4v) is 4.78. The van der Waals surface area contributed by atoms with Gasteiger partial charge in [-0.1, -0.05) is 17.7 Å². The van der Waals surface area contributed by atoms with E-state index in [9.17, 15) is 22.8 Å². The summed E-state index contributed by atoms with van der Waals surface area (Å²) < 4.78 is 56.1. The topological polar surface area (TPSA) is 90.9 Å². The number of alkyl halides is 3. The van der Waals surface area contributed by atoms with Gasteiger partial charge in [-0.25, -0.2) is 14.8 Å². The number of hydrogen-bond acceptors (Lipinski definition) is 8. The molecule has 1 amide bonds. The zero-order valence-corrected chi connectivity index (χ0v) is 21.8. The van der Waals surface area contributed by atoms with Gasteiger partial charge in [0, 0.05) is 23.3 Å². The molecule has 1 aliphatic heterocycles. The third kappa shape index (κ3) is 5.90. The first-order valence-corrected chi connectivity index (χ1v) is 12.4. The molecule has 3 aromatic rings. The summed E-state index contributed by atoms with van der Waals surface area (Å²) in [5.41, 5.74) is -0.588. The van der Waals surface area contributed by atoms with Crippen molar-refractivity contribution in [1.29, 1.82) is 0 Å². The Morgan fingerprint density at radius 2 is 1.97 bits per heavy atom. The molecular weight excluding hydrogens is 535 g/mol. The fraction of sp³-hybridized carbons (Fsp3) is 0.417. The van der Waals surface area contributed by atoms with Crippen molar-refractivity contribution in [2.24, 2.45) is 0 Å². The van der Waals surface area contributed by atoms with Crippen molar-refractivity contribution in [1.82, 2.24) is 14.9 Å². The van der Waals surface area contributed by atoms with E-state index >= 15 is 0 Å². The summed E-state index contributed by atoms with van der Waals surface area (Å²) in [6, 6.07) is 4.99. The van der Waals surface area contributed by atoms with Crippen molar-refractivity contribution in [3.05, 3.63) is 39.9 Å². The quantitative estimate of drug-likeness (QED) is 0.344. The van der Waals surface area contributed by atoms with Gasteiger partial charge >= 0.3 is 12.3 Å². The number of thiazole rings is 1. The van der Waals surface area contributed by atoms with Crippen LogP contribution in [0.2, 0.25) is 5.02 Å². The summed E-state index contributed by atoms with van der Waals surface area (Å²) in [4.78, 5) is 33.2. The molecule has 2 aromatic heterocycles. The number of aromatic nitrogens is 2. The van der Waals surface area contributed by atoms with E-state index in [1.54, 1.807) is 39.8 Å². The number of rotatable bonds is 5. The van der Waals surface area contributed by atoms with Crippen molar-refractivity contribution in [2.45, 2.75) is 58.2 Å². The predicted molar refractivity (Wildman–Crippen MR) is 131 cm³/mol. The fourth-order valence-electron chi connectivity index (χ4n) is 3.79. The maximum Gasteiger partial charge on any atom is 0.434 e. The maximum atomic E-state index is 13.1. The Morgan fingerprint density at radius 1 is 1.24 bits per heavy atom. The van der Waals surface area contributed by atoms with Gasteiger partial charge in [0.05, 0.1) is 17.1 Å².